The number of carbonyl (C=O) groups is 3. The van der Waals surface area contributed by atoms with E-state index in [0.717, 1.165) is 12.8 Å². The second-order valence-corrected chi connectivity index (χ2v) is 6.95. The lowest BCUT2D eigenvalue weighted by Crippen LogP contribution is -2.61. The minimum Gasteiger partial charge on any atom is -0.464 e. The number of esters is 1. The normalized spacial score (nSPS) is 22.2. The first kappa shape index (κ1) is 20.5. The minimum absolute atomic E-state index is 0.0779. The van der Waals surface area contributed by atoms with E-state index in [-0.39, 0.29) is 25.0 Å². The number of ether oxygens (including phenoxy) is 1. The highest BCUT2D eigenvalue weighted by molar-refractivity contribution is 6.45. The molecule has 0 bridgehead atoms. The molecule has 0 aliphatic carbocycles. The summed E-state index contributed by atoms with van der Waals surface area (Å²) >= 11 is 0. The van der Waals surface area contributed by atoms with Crippen molar-refractivity contribution in [2.45, 2.75) is 39.1 Å². The molecule has 9 nitrogen and oxygen atoms in total. The summed E-state index contributed by atoms with van der Waals surface area (Å²) in [5.41, 5.74) is 5.28. The van der Waals surface area contributed by atoms with Crippen LogP contribution in [0.25, 0.3) is 0 Å². The number of piperidine rings is 1. The van der Waals surface area contributed by atoms with Crippen LogP contribution < -0.4 is 5.73 Å². The Kier molecular flexibility index (Phi) is 7.28. The minimum atomic E-state index is -0.698. The number of hydrogen-bond acceptors (Lipinski definition) is 6. The maximum absolute atomic E-state index is 12.8. The molecule has 3 N–H and O–H groups in total. The van der Waals surface area contributed by atoms with Gasteiger partial charge in [0.15, 0.2) is 0 Å². The van der Waals surface area contributed by atoms with Gasteiger partial charge < -0.3 is 30.1 Å². The molecule has 0 spiro atoms. The first-order valence-corrected chi connectivity index (χ1v) is 9.26. The van der Waals surface area contributed by atoms with Crippen LogP contribution in [0, 0.1) is 5.92 Å². The van der Waals surface area contributed by atoms with E-state index in [0.29, 0.717) is 32.6 Å². The number of urea groups is 1. The Morgan fingerprint density at radius 3 is 2.38 bits per heavy atom. The van der Waals surface area contributed by atoms with Gasteiger partial charge in [-0.1, -0.05) is 0 Å². The van der Waals surface area contributed by atoms with Gasteiger partial charge in [-0.25, -0.2) is 9.59 Å². The third kappa shape index (κ3) is 5.10. The standard InChI is InChI=1S/C16H29BN4O5/c1-3-26-15(23)13-11-20(17(2)25)8-9-21(13)14(22)10-12-4-6-19(7-5-12)16(18)24/h12-13,25H,3-11H2,1-2H3,(H2,18,24)/t13-/m1/s1. The van der Waals surface area contributed by atoms with E-state index >= 15 is 0 Å². The summed E-state index contributed by atoms with van der Waals surface area (Å²) in [5, 5.41) is 9.79. The molecule has 2 aliphatic heterocycles. The molecule has 0 radical (unpaired) electrons. The first-order chi connectivity index (χ1) is 12.3. The van der Waals surface area contributed by atoms with E-state index in [1.807, 2.05) is 0 Å². The Bertz CT molecular complexity index is 525. The lowest BCUT2D eigenvalue weighted by Gasteiger charge is -2.41. The molecule has 10 heteroatoms. The van der Waals surface area contributed by atoms with Crippen LogP contribution in [0.3, 0.4) is 0 Å². The molecule has 0 unspecified atom stereocenters. The summed E-state index contributed by atoms with van der Waals surface area (Å²) in [4.78, 5) is 41.2. The molecule has 0 aromatic carbocycles. The molecule has 3 amide bonds. The van der Waals surface area contributed by atoms with Gasteiger partial charge in [-0.05, 0) is 32.5 Å². The van der Waals surface area contributed by atoms with Crippen molar-refractivity contribution in [2.75, 3.05) is 39.3 Å². The van der Waals surface area contributed by atoms with Crippen LogP contribution in [0.4, 0.5) is 4.79 Å². The molecule has 2 fully saturated rings. The average Bonchev–Trinajstić information content (AvgIpc) is 2.61. The van der Waals surface area contributed by atoms with Gasteiger partial charge in [0.1, 0.15) is 6.04 Å². The van der Waals surface area contributed by atoms with Gasteiger partial charge in [-0.15, -0.1) is 0 Å². The van der Waals surface area contributed by atoms with E-state index in [2.05, 4.69) is 0 Å². The van der Waals surface area contributed by atoms with E-state index in [9.17, 15) is 19.4 Å². The molecule has 2 aliphatic rings. The van der Waals surface area contributed by atoms with Gasteiger partial charge in [-0.3, -0.25) is 4.79 Å². The predicted octanol–water partition coefficient (Wildman–Crippen LogP) is -0.647. The van der Waals surface area contributed by atoms with Gasteiger partial charge in [0, 0.05) is 39.1 Å². The topological polar surface area (TPSA) is 116 Å². The SMILES string of the molecule is CCOC(=O)[C@H]1CN(B(C)O)CCN1C(=O)CC1CCN(C(N)=O)CC1. The molecular weight excluding hydrogens is 339 g/mol. The Morgan fingerprint density at radius 2 is 1.85 bits per heavy atom. The summed E-state index contributed by atoms with van der Waals surface area (Å²) in [6.07, 6.45) is 1.80. The molecule has 0 aromatic rings. The molecule has 26 heavy (non-hydrogen) atoms. The molecule has 2 rings (SSSR count). The zero-order valence-electron chi connectivity index (χ0n) is 15.6. The smallest absolute Gasteiger partial charge is 0.376 e. The van der Waals surface area contributed by atoms with Crippen molar-refractivity contribution in [1.29, 1.82) is 0 Å². The van der Waals surface area contributed by atoms with Crippen molar-refractivity contribution in [3.8, 4) is 0 Å². The van der Waals surface area contributed by atoms with Crippen LogP contribution >= 0.6 is 0 Å². The highest BCUT2D eigenvalue weighted by Gasteiger charge is 2.38. The second kappa shape index (κ2) is 9.22. The summed E-state index contributed by atoms with van der Waals surface area (Å²) in [7, 11) is -0.678. The summed E-state index contributed by atoms with van der Waals surface area (Å²) in [6.45, 7) is 5.90. The molecule has 0 aromatic heterocycles. The second-order valence-electron chi connectivity index (χ2n) is 6.95. The molecule has 146 valence electrons. The number of nitrogens with two attached hydrogens (primary N) is 1. The lowest BCUT2D eigenvalue weighted by molar-refractivity contribution is -0.157. The number of rotatable bonds is 5. The Morgan fingerprint density at radius 1 is 1.19 bits per heavy atom. The number of hydrogen-bond donors (Lipinski definition) is 2. The summed E-state index contributed by atoms with van der Waals surface area (Å²) in [6, 6.07) is -1.12. The van der Waals surface area contributed by atoms with Gasteiger partial charge in [-0.2, -0.15) is 0 Å². The highest BCUT2D eigenvalue weighted by atomic mass is 16.5. The van der Waals surface area contributed by atoms with Crippen molar-refractivity contribution in [1.82, 2.24) is 14.6 Å². The zero-order chi connectivity index (χ0) is 19.3. The zero-order valence-corrected chi connectivity index (χ0v) is 15.6. The fourth-order valence-electron chi connectivity index (χ4n) is 3.60. The van der Waals surface area contributed by atoms with Crippen LogP contribution in [0.5, 0.6) is 0 Å². The van der Waals surface area contributed by atoms with Crippen molar-refractivity contribution >= 4 is 25.0 Å². The van der Waals surface area contributed by atoms with E-state index < -0.39 is 25.1 Å². The number of nitrogens with zero attached hydrogens (tertiary/aromatic N) is 3. The molecule has 2 saturated heterocycles. The number of likely N-dealkylation sites (tertiary alicyclic amines) is 1. The summed E-state index contributed by atoms with van der Waals surface area (Å²) < 4.78 is 5.12. The van der Waals surface area contributed by atoms with Crippen molar-refractivity contribution in [2.24, 2.45) is 11.7 Å². The Hall–Kier alpha value is -1.81. The third-order valence-corrected chi connectivity index (χ3v) is 5.21. The molecule has 0 saturated carbocycles. The van der Waals surface area contributed by atoms with Crippen molar-refractivity contribution in [3.05, 3.63) is 0 Å². The fraction of sp³-hybridized carbons (Fsp3) is 0.812. The maximum Gasteiger partial charge on any atom is 0.376 e. The van der Waals surface area contributed by atoms with Crippen LogP contribution in [0.15, 0.2) is 0 Å². The highest BCUT2D eigenvalue weighted by Crippen LogP contribution is 2.23. The number of piperazine rings is 1. The quantitative estimate of drug-likeness (QED) is 0.492. The largest absolute Gasteiger partial charge is 0.464 e. The monoisotopic (exact) mass is 368 g/mol. The van der Waals surface area contributed by atoms with Crippen LogP contribution in [0.2, 0.25) is 6.82 Å². The number of primary amides is 1. The van der Waals surface area contributed by atoms with Crippen molar-refractivity contribution < 1.29 is 24.1 Å². The van der Waals surface area contributed by atoms with E-state index in [4.69, 9.17) is 10.5 Å². The Labute approximate surface area is 154 Å². The van der Waals surface area contributed by atoms with E-state index in [1.54, 1.807) is 28.4 Å². The number of carbonyl (C=O) groups excluding carboxylic acids is 3. The van der Waals surface area contributed by atoms with Gasteiger partial charge in [0.25, 0.3) is 0 Å². The molecular formula is C16H29BN4O5. The fourth-order valence-corrected chi connectivity index (χ4v) is 3.60. The molecule has 2 heterocycles. The maximum atomic E-state index is 12.8. The van der Waals surface area contributed by atoms with Crippen LogP contribution in [0.1, 0.15) is 26.2 Å². The Balaban J connectivity index is 1.96. The number of amides is 3. The van der Waals surface area contributed by atoms with Crippen LogP contribution in [-0.4, -0.2) is 90.0 Å². The van der Waals surface area contributed by atoms with Gasteiger partial charge in [0.2, 0.25) is 5.91 Å². The van der Waals surface area contributed by atoms with Gasteiger partial charge in [0.05, 0.1) is 6.61 Å². The predicted molar refractivity (Wildman–Crippen MR) is 96.0 cm³/mol. The molecule has 1 atom stereocenters. The first-order valence-electron chi connectivity index (χ1n) is 9.26. The van der Waals surface area contributed by atoms with Crippen molar-refractivity contribution in [3.63, 3.8) is 0 Å². The lowest BCUT2D eigenvalue weighted by atomic mass is 9.83. The van der Waals surface area contributed by atoms with Crippen LogP contribution in [-0.2, 0) is 14.3 Å². The third-order valence-electron chi connectivity index (χ3n) is 5.21. The van der Waals surface area contributed by atoms with Gasteiger partial charge >= 0.3 is 19.1 Å². The summed E-state index contributed by atoms with van der Waals surface area (Å²) in [5.74, 6) is -0.337. The average molecular weight is 368 g/mol. The van der Waals surface area contributed by atoms with E-state index in [1.165, 1.54) is 0 Å².